The van der Waals surface area contributed by atoms with Gasteiger partial charge in [0.2, 0.25) is 11.8 Å². The number of carbonyl (C=O) groups excluding carboxylic acids is 3. The molecule has 0 bridgehead atoms. The van der Waals surface area contributed by atoms with Crippen LogP contribution >= 0.6 is 11.6 Å². The van der Waals surface area contributed by atoms with E-state index in [-0.39, 0.29) is 35.9 Å². The highest BCUT2D eigenvalue weighted by Gasteiger charge is 2.31. The zero-order chi connectivity index (χ0) is 28.7. The first-order chi connectivity index (χ1) is 17.8. The molecule has 0 aromatic carbocycles. The molecule has 0 spiro atoms. The topological polar surface area (TPSA) is 93.7 Å². The molecule has 0 saturated carbocycles. The number of carbonyl (C=O) groups is 3. The van der Waals surface area contributed by atoms with Crippen molar-refractivity contribution in [2.75, 3.05) is 7.11 Å². The van der Waals surface area contributed by atoms with Crippen LogP contribution in [0.15, 0.2) is 71.5 Å². The SMILES string of the molecule is CO[C@H](C/C=C\NC(=O)[C@@H](NC(=O)\C=C/C=C\C(C)=C\[C@H](C)[C@@H]1CC=CC(=O)O1)C(C)(C)C)C/C=C(\C)Cl. The number of ether oxygens (including phenoxy) is 2. The molecule has 0 fully saturated rings. The second-order valence-corrected chi connectivity index (χ2v) is 11.0. The first kappa shape index (κ1) is 33.1. The van der Waals surface area contributed by atoms with Crippen molar-refractivity contribution in [3.63, 3.8) is 0 Å². The molecule has 0 aromatic rings. The Bertz CT molecular complexity index is 981. The fraction of sp³-hybridized carbons (Fsp3) is 0.500. The van der Waals surface area contributed by atoms with Crippen LogP contribution in [0.25, 0.3) is 0 Å². The molecule has 0 aromatic heterocycles. The fourth-order valence-electron chi connectivity index (χ4n) is 3.68. The van der Waals surface area contributed by atoms with Crippen LogP contribution < -0.4 is 10.6 Å². The van der Waals surface area contributed by atoms with Gasteiger partial charge in [0, 0.05) is 36.6 Å². The van der Waals surface area contributed by atoms with Gasteiger partial charge in [0.05, 0.1) is 6.10 Å². The standard InChI is InChI=1S/C30H43ClN2O5/c1-21(20-22(2)25-14-10-16-27(35)38-25)12-8-9-15-26(34)33-28(30(4,5)6)29(36)32-19-11-13-24(37-7)18-17-23(3)31/h8-12,15-17,19-20,22,24-25,28H,13-14,18H2,1-7H3,(H,32,36)(H,33,34)/b12-8-,15-9-,19-11-,21-20+,23-17+/t22-,24+,25-,28+/m0/s1. The van der Waals surface area contributed by atoms with Gasteiger partial charge in [-0.2, -0.15) is 0 Å². The predicted molar refractivity (Wildman–Crippen MR) is 153 cm³/mol. The van der Waals surface area contributed by atoms with Gasteiger partial charge in [0.25, 0.3) is 0 Å². The number of nitrogens with one attached hydrogen (secondary N) is 2. The summed E-state index contributed by atoms with van der Waals surface area (Å²) in [6, 6.07) is -0.733. The molecule has 7 nitrogen and oxygen atoms in total. The van der Waals surface area contributed by atoms with Crippen molar-refractivity contribution in [1.82, 2.24) is 10.6 Å². The van der Waals surface area contributed by atoms with E-state index in [2.05, 4.69) is 10.6 Å². The van der Waals surface area contributed by atoms with E-state index >= 15 is 0 Å². The van der Waals surface area contributed by atoms with Gasteiger partial charge in [-0.3, -0.25) is 9.59 Å². The molecule has 2 N–H and O–H groups in total. The lowest BCUT2D eigenvalue weighted by Gasteiger charge is -2.29. The minimum atomic E-state index is -0.733. The lowest BCUT2D eigenvalue weighted by Crippen LogP contribution is -2.52. The lowest BCUT2D eigenvalue weighted by atomic mass is 9.86. The highest BCUT2D eigenvalue weighted by molar-refractivity contribution is 6.29. The van der Waals surface area contributed by atoms with Crippen molar-refractivity contribution in [1.29, 1.82) is 0 Å². The summed E-state index contributed by atoms with van der Waals surface area (Å²) in [6.45, 7) is 11.4. The summed E-state index contributed by atoms with van der Waals surface area (Å²) in [4.78, 5) is 36.8. The van der Waals surface area contributed by atoms with Crippen LogP contribution in [0.1, 0.15) is 60.8 Å². The Labute approximate surface area is 232 Å². The molecular weight excluding hydrogens is 504 g/mol. The van der Waals surface area contributed by atoms with E-state index in [1.807, 2.05) is 71.9 Å². The quantitative estimate of drug-likeness (QED) is 0.177. The Balaban J connectivity index is 2.64. The van der Waals surface area contributed by atoms with Crippen molar-refractivity contribution < 1.29 is 23.9 Å². The van der Waals surface area contributed by atoms with Crippen LogP contribution in [0, 0.1) is 11.3 Å². The van der Waals surface area contributed by atoms with Gasteiger partial charge in [0.15, 0.2) is 0 Å². The van der Waals surface area contributed by atoms with E-state index < -0.39 is 11.5 Å². The number of hydrogen-bond acceptors (Lipinski definition) is 5. The third-order valence-corrected chi connectivity index (χ3v) is 6.03. The lowest BCUT2D eigenvalue weighted by molar-refractivity contribution is -0.145. The first-order valence-electron chi connectivity index (χ1n) is 12.8. The Morgan fingerprint density at radius 2 is 1.89 bits per heavy atom. The monoisotopic (exact) mass is 546 g/mol. The van der Waals surface area contributed by atoms with Gasteiger partial charge in [-0.25, -0.2) is 4.79 Å². The number of methoxy groups -OCH3 is 1. The molecule has 210 valence electrons. The van der Waals surface area contributed by atoms with Gasteiger partial charge in [-0.05, 0) is 38.3 Å². The highest BCUT2D eigenvalue weighted by Crippen LogP contribution is 2.20. The maximum absolute atomic E-state index is 12.8. The molecule has 8 heteroatoms. The summed E-state index contributed by atoms with van der Waals surface area (Å²) in [5.41, 5.74) is 0.485. The summed E-state index contributed by atoms with van der Waals surface area (Å²) in [5, 5.41) is 6.26. The van der Waals surface area contributed by atoms with Crippen molar-refractivity contribution in [2.45, 2.75) is 79.1 Å². The molecule has 0 saturated heterocycles. The minimum absolute atomic E-state index is 0.0446. The van der Waals surface area contributed by atoms with Crippen molar-refractivity contribution in [3.8, 4) is 0 Å². The normalized spacial score (nSPS) is 19.6. The third kappa shape index (κ3) is 13.6. The van der Waals surface area contributed by atoms with Gasteiger partial charge in [-0.15, -0.1) is 0 Å². The molecule has 4 atom stereocenters. The summed E-state index contributed by atoms with van der Waals surface area (Å²) < 4.78 is 10.8. The van der Waals surface area contributed by atoms with E-state index in [1.165, 1.54) is 12.2 Å². The Hall–Kier alpha value is -2.90. The summed E-state index contributed by atoms with van der Waals surface area (Å²) in [5.74, 6) is -0.921. The van der Waals surface area contributed by atoms with Crippen LogP contribution in [0.2, 0.25) is 0 Å². The van der Waals surface area contributed by atoms with E-state index in [4.69, 9.17) is 21.1 Å². The summed E-state index contributed by atoms with van der Waals surface area (Å²) in [7, 11) is 1.63. The molecule has 1 aliphatic heterocycles. The van der Waals surface area contributed by atoms with Gasteiger partial charge in [-0.1, -0.05) is 87.4 Å². The van der Waals surface area contributed by atoms with Gasteiger partial charge < -0.3 is 20.1 Å². The molecule has 0 aliphatic carbocycles. The van der Waals surface area contributed by atoms with Crippen LogP contribution in [0.3, 0.4) is 0 Å². The van der Waals surface area contributed by atoms with Crippen molar-refractivity contribution >= 4 is 29.4 Å². The second-order valence-electron chi connectivity index (χ2n) is 10.4. The number of allylic oxidation sites excluding steroid dienone is 5. The van der Waals surface area contributed by atoms with E-state index in [9.17, 15) is 14.4 Å². The summed E-state index contributed by atoms with van der Waals surface area (Å²) >= 11 is 5.87. The fourth-order valence-corrected chi connectivity index (χ4v) is 3.77. The average Bonchev–Trinajstić information content (AvgIpc) is 2.83. The first-order valence-corrected chi connectivity index (χ1v) is 13.2. The number of amides is 2. The van der Waals surface area contributed by atoms with Crippen LogP contribution in [0.4, 0.5) is 0 Å². The van der Waals surface area contributed by atoms with E-state index in [1.54, 1.807) is 25.5 Å². The van der Waals surface area contributed by atoms with Gasteiger partial charge >= 0.3 is 5.97 Å². The molecule has 0 radical (unpaired) electrons. The molecule has 38 heavy (non-hydrogen) atoms. The molecule has 1 rings (SSSR count). The summed E-state index contributed by atoms with van der Waals surface area (Å²) in [6.07, 6.45) is 19.0. The maximum Gasteiger partial charge on any atom is 0.330 e. The highest BCUT2D eigenvalue weighted by atomic mass is 35.5. The zero-order valence-electron chi connectivity index (χ0n) is 23.6. The largest absolute Gasteiger partial charge is 0.458 e. The van der Waals surface area contributed by atoms with Crippen LogP contribution in [-0.4, -0.2) is 43.1 Å². The average molecular weight is 547 g/mol. The number of halogens is 1. The number of rotatable bonds is 13. The number of esters is 1. The second kappa shape index (κ2) is 16.8. The molecular formula is C30H43ClN2O5. The van der Waals surface area contributed by atoms with Crippen molar-refractivity contribution in [3.05, 3.63) is 71.5 Å². The Kier molecular flexibility index (Phi) is 14.7. The zero-order valence-corrected chi connectivity index (χ0v) is 24.4. The number of cyclic esters (lactones) is 1. The molecule has 0 unspecified atom stereocenters. The Morgan fingerprint density at radius 1 is 1.21 bits per heavy atom. The van der Waals surface area contributed by atoms with Gasteiger partial charge in [0.1, 0.15) is 12.1 Å². The van der Waals surface area contributed by atoms with Crippen LogP contribution in [0.5, 0.6) is 0 Å². The Morgan fingerprint density at radius 3 is 2.50 bits per heavy atom. The molecule has 1 aliphatic rings. The molecule has 1 heterocycles. The van der Waals surface area contributed by atoms with Crippen molar-refractivity contribution in [2.24, 2.45) is 11.3 Å². The minimum Gasteiger partial charge on any atom is -0.458 e. The molecule has 2 amide bonds. The predicted octanol–water partition coefficient (Wildman–Crippen LogP) is 5.65. The number of hydrogen-bond donors (Lipinski definition) is 2. The van der Waals surface area contributed by atoms with Crippen LogP contribution in [-0.2, 0) is 23.9 Å². The van der Waals surface area contributed by atoms with E-state index in [0.717, 1.165) is 5.57 Å². The smallest absolute Gasteiger partial charge is 0.330 e. The third-order valence-electron chi connectivity index (χ3n) is 5.87. The maximum atomic E-state index is 12.8. The van der Waals surface area contributed by atoms with E-state index in [0.29, 0.717) is 24.3 Å².